The van der Waals surface area contributed by atoms with Gasteiger partial charge in [-0.25, -0.2) is 0 Å². The van der Waals surface area contributed by atoms with Crippen molar-refractivity contribution in [3.63, 3.8) is 0 Å². The summed E-state index contributed by atoms with van der Waals surface area (Å²) in [7, 11) is 0. The minimum atomic E-state index is -1.27. The molecule has 3 aliphatic rings. The van der Waals surface area contributed by atoms with E-state index in [0.717, 1.165) is 24.8 Å². The van der Waals surface area contributed by atoms with Gasteiger partial charge in [-0.2, -0.15) is 0 Å². The molecule has 3 rings (SSSR count). The molecule has 8 heteroatoms. The normalized spacial score (nSPS) is 36.0. The number of aliphatic hydroxyl groups is 2. The lowest BCUT2D eigenvalue weighted by atomic mass is 9.44. The molecule has 9 unspecified atom stereocenters. The standard InChI is InChI=1S/C34H54O8/c1-8-11-12-13-14-15-16-17-28(37)41-29-23(5)33(7,19-18-22(4)9-2)27-21-25(36)20-26-31(39-10-3)42-32(40-24(6)35)34(26,27)30(29)38/h9,18,20,23,25,27,29-32,36,38H,2,8,10-17,19,21H2,1,3-7H3. The highest BCUT2D eigenvalue weighted by molar-refractivity contribution is 5.69. The van der Waals surface area contributed by atoms with E-state index in [0.29, 0.717) is 25.0 Å². The van der Waals surface area contributed by atoms with Gasteiger partial charge in [0.25, 0.3) is 0 Å². The molecule has 0 aromatic heterocycles. The first-order valence-corrected chi connectivity index (χ1v) is 16.0. The summed E-state index contributed by atoms with van der Waals surface area (Å²) in [6, 6.07) is 0. The third-order valence-corrected chi connectivity index (χ3v) is 9.98. The number of rotatable bonds is 15. The van der Waals surface area contributed by atoms with Crippen LogP contribution in [0.2, 0.25) is 0 Å². The van der Waals surface area contributed by atoms with E-state index in [2.05, 4.69) is 26.5 Å². The Kier molecular flexibility index (Phi) is 12.4. The number of aliphatic hydroxyl groups excluding tert-OH is 2. The average Bonchev–Trinajstić information content (AvgIpc) is 3.24. The molecule has 0 radical (unpaired) electrons. The zero-order valence-electron chi connectivity index (χ0n) is 26.6. The fourth-order valence-corrected chi connectivity index (χ4v) is 7.46. The van der Waals surface area contributed by atoms with Crippen LogP contribution >= 0.6 is 0 Å². The molecule has 0 aromatic rings. The van der Waals surface area contributed by atoms with E-state index in [-0.39, 0.29) is 24.2 Å². The number of hydrogen-bond donors (Lipinski definition) is 2. The quantitative estimate of drug-likeness (QED) is 0.101. The van der Waals surface area contributed by atoms with Gasteiger partial charge in [0.15, 0.2) is 6.29 Å². The van der Waals surface area contributed by atoms with Crippen molar-refractivity contribution in [2.45, 2.75) is 137 Å². The van der Waals surface area contributed by atoms with Gasteiger partial charge in [-0.1, -0.05) is 89.7 Å². The lowest BCUT2D eigenvalue weighted by Crippen LogP contribution is -2.68. The summed E-state index contributed by atoms with van der Waals surface area (Å²) < 4.78 is 24.1. The lowest BCUT2D eigenvalue weighted by Gasteiger charge is -2.62. The first-order valence-electron chi connectivity index (χ1n) is 16.0. The predicted molar refractivity (Wildman–Crippen MR) is 161 cm³/mol. The van der Waals surface area contributed by atoms with Gasteiger partial charge in [-0.15, -0.1) is 0 Å². The SMILES string of the molecule is C=CC(C)=CCC1(C)C(C)C(OC(=O)CCCCCCCCC)C(O)C23C(=CC(O)CC12)C(OCC)OC3OC(C)=O. The molecule has 42 heavy (non-hydrogen) atoms. The summed E-state index contributed by atoms with van der Waals surface area (Å²) in [5.41, 5.74) is -0.319. The van der Waals surface area contributed by atoms with E-state index < -0.39 is 47.7 Å². The van der Waals surface area contributed by atoms with E-state index in [1.807, 2.05) is 20.8 Å². The Labute approximate surface area is 252 Å². The molecule has 1 aliphatic heterocycles. The monoisotopic (exact) mass is 590 g/mol. The Morgan fingerprint density at radius 3 is 2.38 bits per heavy atom. The van der Waals surface area contributed by atoms with Gasteiger partial charge in [-0.05, 0) is 50.0 Å². The van der Waals surface area contributed by atoms with Crippen molar-refractivity contribution in [1.29, 1.82) is 0 Å². The molecule has 2 aliphatic carbocycles. The number of unbranched alkanes of at least 4 members (excludes halogenated alkanes) is 6. The third kappa shape index (κ3) is 7.03. The van der Waals surface area contributed by atoms with Crippen LogP contribution < -0.4 is 0 Å². The van der Waals surface area contributed by atoms with Crippen LogP contribution in [0.5, 0.6) is 0 Å². The molecule has 2 N–H and O–H groups in total. The maximum atomic E-state index is 13.2. The van der Waals surface area contributed by atoms with E-state index in [9.17, 15) is 19.8 Å². The first kappa shape index (κ1) is 34.5. The Hall–Kier alpha value is -2.00. The van der Waals surface area contributed by atoms with Gasteiger partial charge in [0.2, 0.25) is 6.29 Å². The molecular weight excluding hydrogens is 536 g/mol. The zero-order valence-corrected chi connectivity index (χ0v) is 26.6. The smallest absolute Gasteiger partial charge is 0.306 e. The van der Waals surface area contributed by atoms with Crippen LogP contribution in [0.4, 0.5) is 0 Å². The van der Waals surface area contributed by atoms with Gasteiger partial charge in [-0.3, -0.25) is 9.59 Å². The summed E-state index contributed by atoms with van der Waals surface area (Å²) >= 11 is 0. The topological polar surface area (TPSA) is 112 Å². The molecule has 1 heterocycles. The summed E-state index contributed by atoms with van der Waals surface area (Å²) in [6.07, 6.45) is 9.27. The van der Waals surface area contributed by atoms with Gasteiger partial charge in [0, 0.05) is 25.9 Å². The number of carbonyl (C=O) groups is 2. The molecule has 0 amide bonds. The molecule has 0 aromatic carbocycles. The Morgan fingerprint density at radius 1 is 1.10 bits per heavy atom. The van der Waals surface area contributed by atoms with Gasteiger partial charge < -0.3 is 29.2 Å². The summed E-state index contributed by atoms with van der Waals surface area (Å²) in [5.74, 6) is -1.57. The molecule has 1 saturated carbocycles. The Balaban J connectivity index is 2.01. The fraction of sp³-hybridized carbons (Fsp3) is 0.765. The molecule has 2 fully saturated rings. The summed E-state index contributed by atoms with van der Waals surface area (Å²) in [4.78, 5) is 25.6. The van der Waals surface area contributed by atoms with E-state index in [4.69, 9.17) is 18.9 Å². The molecule has 0 bridgehead atoms. The Bertz CT molecular complexity index is 1000. The van der Waals surface area contributed by atoms with Crippen LogP contribution in [0.3, 0.4) is 0 Å². The van der Waals surface area contributed by atoms with Crippen LogP contribution in [0, 0.1) is 22.7 Å². The van der Waals surface area contributed by atoms with Crippen LogP contribution in [0.1, 0.15) is 106 Å². The highest BCUT2D eigenvalue weighted by Crippen LogP contribution is 2.67. The van der Waals surface area contributed by atoms with Crippen molar-refractivity contribution in [2.75, 3.05) is 6.61 Å². The highest BCUT2D eigenvalue weighted by atomic mass is 16.8. The van der Waals surface area contributed by atoms with E-state index in [1.54, 1.807) is 12.2 Å². The largest absolute Gasteiger partial charge is 0.459 e. The van der Waals surface area contributed by atoms with Gasteiger partial charge >= 0.3 is 11.9 Å². The predicted octanol–water partition coefficient (Wildman–Crippen LogP) is 6.15. The number of ether oxygens (including phenoxy) is 4. The molecule has 1 spiro atoms. The second-order valence-electron chi connectivity index (χ2n) is 12.7. The number of allylic oxidation sites excluding steroid dienone is 3. The van der Waals surface area contributed by atoms with Crippen molar-refractivity contribution in [2.24, 2.45) is 22.7 Å². The summed E-state index contributed by atoms with van der Waals surface area (Å²) in [5, 5.41) is 23.4. The molecular formula is C34H54O8. The molecule has 1 saturated heterocycles. The van der Waals surface area contributed by atoms with Crippen molar-refractivity contribution < 1.29 is 38.7 Å². The lowest BCUT2D eigenvalue weighted by molar-refractivity contribution is -0.277. The van der Waals surface area contributed by atoms with E-state index in [1.165, 1.54) is 32.6 Å². The average molecular weight is 591 g/mol. The zero-order chi connectivity index (χ0) is 31.1. The fourth-order valence-electron chi connectivity index (χ4n) is 7.46. The van der Waals surface area contributed by atoms with E-state index >= 15 is 0 Å². The van der Waals surface area contributed by atoms with Crippen LogP contribution in [-0.2, 0) is 28.5 Å². The van der Waals surface area contributed by atoms with Gasteiger partial charge in [0.1, 0.15) is 12.2 Å². The van der Waals surface area contributed by atoms with Crippen LogP contribution in [0.15, 0.2) is 36.0 Å². The second kappa shape index (κ2) is 15.1. The third-order valence-electron chi connectivity index (χ3n) is 9.98. The number of esters is 2. The first-order chi connectivity index (χ1) is 20.0. The number of hydrogen-bond acceptors (Lipinski definition) is 8. The van der Waals surface area contributed by atoms with Crippen molar-refractivity contribution in [1.82, 2.24) is 0 Å². The van der Waals surface area contributed by atoms with Crippen molar-refractivity contribution >= 4 is 11.9 Å². The minimum absolute atomic E-state index is 0.277. The molecule has 9 atom stereocenters. The molecule has 8 nitrogen and oxygen atoms in total. The number of carbonyl (C=O) groups excluding carboxylic acids is 2. The minimum Gasteiger partial charge on any atom is -0.459 e. The van der Waals surface area contributed by atoms with Crippen molar-refractivity contribution in [3.8, 4) is 0 Å². The van der Waals surface area contributed by atoms with Gasteiger partial charge in [0.05, 0.1) is 11.5 Å². The van der Waals surface area contributed by atoms with Crippen LogP contribution in [0.25, 0.3) is 0 Å². The Morgan fingerprint density at radius 2 is 1.76 bits per heavy atom. The van der Waals surface area contributed by atoms with Crippen molar-refractivity contribution in [3.05, 3.63) is 36.0 Å². The second-order valence-corrected chi connectivity index (χ2v) is 12.7. The highest BCUT2D eigenvalue weighted by Gasteiger charge is 2.73. The maximum Gasteiger partial charge on any atom is 0.306 e. The molecule has 238 valence electrons. The van der Waals surface area contributed by atoms with Crippen LogP contribution in [-0.4, -0.2) is 59.7 Å². The summed E-state index contributed by atoms with van der Waals surface area (Å²) in [6.45, 7) is 15.6. The maximum absolute atomic E-state index is 13.2.